The molecule has 0 aliphatic carbocycles. The Labute approximate surface area is 218 Å². The highest BCUT2D eigenvalue weighted by molar-refractivity contribution is 6.08. The van der Waals surface area contributed by atoms with E-state index in [1.54, 1.807) is 46.1 Å². The molecule has 0 aliphatic rings. The van der Waals surface area contributed by atoms with E-state index in [2.05, 4.69) is 16.4 Å². The Bertz CT molecular complexity index is 1020. The molecule has 2 N–H and O–H groups in total. The highest BCUT2D eigenvalue weighted by atomic mass is 16.5. The number of rotatable bonds is 10. The lowest BCUT2D eigenvalue weighted by molar-refractivity contribution is 0.101. The van der Waals surface area contributed by atoms with Crippen LogP contribution in [0, 0.1) is 0 Å². The number of benzene rings is 1. The SMILES string of the molecule is CC.CCCn1cc(C(C)=O)c2cccc(OC)c21.C\C(O)=C(/C=C\C=C(/C)O)N(C)CCN(C)C. The number of Topliss-reactive ketones (excluding diaryl/α,β-unsaturated/α-hetero) is 1. The van der Waals surface area contributed by atoms with Crippen molar-refractivity contribution in [1.82, 2.24) is 14.4 Å². The molecular weight excluding hydrogens is 454 g/mol. The van der Waals surface area contributed by atoms with Crippen molar-refractivity contribution >= 4 is 16.7 Å². The second-order valence-electron chi connectivity index (χ2n) is 8.51. The molecule has 1 heterocycles. The second kappa shape index (κ2) is 17.3. The molecule has 202 valence electrons. The van der Waals surface area contributed by atoms with Gasteiger partial charge in [-0.15, -0.1) is 0 Å². The number of allylic oxidation sites excluding steroid dienone is 5. The number of aryl methyl sites for hydroxylation is 1. The number of fused-ring (bicyclic) bond motifs is 1. The molecule has 2 rings (SSSR count). The Morgan fingerprint density at radius 1 is 1.08 bits per heavy atom. The van der Waals surface area contributed by atoms with Gasteiger partial charge in [-0.3, -0.25) is 4.79 Å². The van der Waals surface area contributed by atoms with Crippen molar-refractivity contribution < 1.29 is 19.7 Å². The third-order valence-corrected chi connectivity index (χ3v) is 5.18. The summed E-state index contributed by atoms with van der Waals surface area (Å²) in [5.74, 6) is 1.43. The Hall–Kier alpha value is -3.19. The van der Waals surface area contributed by atoms with Crippen LogP contribution in [0.15, 0.2) is 59.8 Å². The molecule has 0 unspecified atom stereocenters. The number of ether oxygens (including phenoxy) is 1. The normalized spacial score (nSPS) is 12.0. The van der Waals surface area contributed by atoms with E-state index in [4.69, 9.17) is 9.84 Å². The van der Waals surface area contributed by atoms with Crippen LogP contribution in [-0.4, -0.2) is 71.7 Å². The number of aromatic nitrogens is 1. The Balaban J connectivity index is 0.000000637. The molecule has 0 fully saturated rings. The van der Waals surface area contributed by atoms with Crippen LogP contribution in [0.3, 0.4) is 0 Å². The predicted molar refractivity (Wildman–Crippen MR) is 152 cm³/mol. The van der Waals surface area contributed by atoms with Crippen LogP contribution in [0.5, 0.6) is 5.75 Å². The molecule has 0 saturated heterocycles. The van der Waals surface area contributed by atoms with E-state index in [1.165, 1.54) is 0 Å². The van der Waals surface area contributed by atoms with Gasteiger partial charge in [0.25, 0.3) is 0 Å². The van der Waals surface area contributed by atoms with Crippen LogP contribution in [0.25, 0.3) is 10.9 Å². The van der Waals surface area contributed by atoms with Crippen molar-refractivity contribution in [3.8, 4) is 5.75 Å². The topological polar surface area (TPSA) is 78.2 Å². The fraction of sp³-hybridized carbons (Fsp3) is 0.483. The average Bonchev–Trinajstić information content (AvgIpc) is 3.21. The number of hydrogen-bond acceptors (Lipinski definition) is 6. The summed E-state index contributed by atoms with van der Waals surface area (Å²) in [5.41, 5.74) is 2.54. The van der Waals surface area contributed by atoms with Crippen LogP contribution >= 0.6 is 0 Å². The van der Waals surface area contributed by atoms with Crippen molar-refractivity contribution in [2.45, 2.75) is 54.5 Å². The maximum Gasteiger partial charge on any atom is 0.161 e. The zero-order valence-electron chi connectivity index (χ0n) is 23.9. The standard InChI is InChI=1S/C14H17NO2.C13H24N2O2.C2H6/c1-4-8-15-9-12(10(2)16)11-6-5-7-13(17-3)14(11)15;1-11(16)7-6-8-13(12(2)17)15(5)10-9-14(3)4;1-2/h5-7,9H,4,8H2,1-3H3;6-8,16-17H,9-10H2,1-5H3;1-2H3/b;8-6-,11-7+,13-12-;. The van der Waals surface area contributed by atoms with Crippen molar-refractivity contribution in [3.05, 3.63) is 65.4 Å². The van der Waals surface area contributed by atoms with Crippen LogP contribution in [0.2, 0.25) is 0 Å². The summed E-state index contributed by atoms with van der Waals surface area (Å²) in [6, 6.07) is 5.82. The number of carbonyl (C=O) groups is 1. The molecule has 2 aromatic rings. The van der Waals surface area contributed by atoms with Gasteiger partial charge in [-0.25, -0.2) is 0 Å². The third kappa shape index (κ3) is 10.6. The first kappa shape index (κ1) is 32.8. The lowest BCUT2D eigenvalue weighted by atomic mass is 10.1. The second-order valence-corrected chi connectivity index (χ2v) is 8.51. The number of nitrogens with zero attached hydrogens (tertiary/aromatic N) is 3. The number of likely N-dealkylation sites (N-methyl/N-ethyl adjacent to an activating group) is 2. The lowest BCUT2D eigenvalue weighted by Crippen LogP contribution is -2.28. The molecule has 36 heavy (non-hydrogen) atoms. The zero-order valence-corrected chi connectivity index (χ0v) is 23.9. The molecule has 7 nitrogen and oxygen atoms in total. The quantitative estimate of drug-likeness (QED) is 0.218. The number of carbonyl (C=O) groups excluding carboxylic acids is 1. The van der Waals surface area contributed by atoms with E-state index in [0.29, 0.717) is 0 Å². The van der Waals surface area contributed by atoms with Crippen molar-refractivity contribution in [1.29, 1.82) is 0 Å². The number of para-hydroxylation sites is 1. The molecule has 0 radical (unpaired) electrons. The summed E-state index contributed by atoms with van der Waals surface area (Å²) in [7, 11) is 7.61. The third-order valence-electron chi connectivity index (χ3n) is 5.18. The van der Waals surface area contributed by atoms with Gasteiger partial charge >= 0.3 is 0 Å². The molecular formula is C29H47N3O4. The van der Waals surface area contributed by atoms with E-state index in [9.17, 15) is 9.90 Å². The van der Waals surface area contributed by atoms with Gasteiger partial charge in [0.05, 0.1) is 24.1 Å². The van der Waals surface area contributed by atoms with Crippen LogP contribution in [0.4, 0.5) is 0 Å². The van der Waals surface area contributed by atoms with Crippen molar-refractivity contribution in [2.24, 2.45) is 0 Å². The fourth-order valence-electron chi connectivity index (χ4n) is 3.46. The van der Waals surface area contributed by atoms with Gasteiger partial charge in [0, 0.05) is 43.8 Å². The van der Waals surface area contributed by atoms with Crippen LogP contribution in [0.1, 0.15) is 58.3 Å². The molecule has 1 aromatic heterocycles. The van der Waals surface area contributed by atoms with E-state index < -0.39 is 0 Å². The molecule has 0 amide bonds. The van der Waals surface area contributed by atoms with Crippen LogP contribution < -0.4 is 4.74 Å². The molecule has 1 aromatic carbocycles. The number of hydrogen-bond donors (Lipinski definition) is 2. The van der Waals surface area contributed by atoms with Gasteiger partial charge < -0.3 is 29.3 Å². The Morgan fingerprint density at radius 3 is 2.19 bits per heavy atom. The smallest absolute Gasteiger partial charge is 0.161 e. The molecule has 0 bridgehead atoms. The molecule has 7 heteroatoms. The lowest BCUT2D eigenvalue weighted by Gasteiger charge is -2.22. The summed E-state index contributed by atoms with van der Waals surface area (Å²) in [6.07, 6.45) is 8.04. The van der Waals surface area contributed by atoms with Crippen molar-refractivity contribution in [3.63, 3.8) is 0 Å². The number of methoxy groups -OCH3 is 1. The molecule has 0 aliphatic heterocycles. The first-order valence-corrected chi connectivity index (χ1v) is 12.5. The minimum absolute atomic E-state index is 0.0955. The fourth-order valence-corrected chi connectivity index (χ4v) is 3.46. The van der Waals surface area contributed by atoms with E-state index in [0.717, 1.165) is 54.0 Å². The number of aliphatic hydroxyl groups excluding tert-OH is 2. The molecule has 0 atom stereocenters. The van der Waals surface area contributed by atoms with E-state index in [1.807, 2.05) is 64.3 Å². The van der Waals surface area contributed by atoms with E-state index >= 15 is 0 Å². The Kier molecular flexibility index (Phi) is 15.7. The summed E-state index contributed by atoms with van der Waals surface area (Å²) in [5, 5.41) is 19.6. The maximum atomic E-state index is 11.6. The van der Waals surface area contributed by atoms with Gasteiger partial charge in [-0.05, 0) is 59.5 Å². The van der Waals surface area contributed by atoms with E-state index in [-0.39, 0.29) is 17.3 Å². The zero-order chi connectivity index (χ0) is 27.8. The first-order chi connectivity index (χ1) is 17.0. The van der Waals surface area contributed by atoms with Gasteiger partial charge in [-0.2, -0.15) is 0 Å². The van der Waals surface area contributed by atoms with Gasteiger partial charge in [0.1, 0.15) is 11.5 Å². The highest BCUT2D eigenvalue weighted by Gasteiger charge is 2.14. The number of aliphatic hydroxyl groups is 2. The summed E-state index contributed by atoms with van der Waals surface area (Å²) in [4.78, 5) is 15.7. The van der Waals surface area contributed by atoms with Crippen LogP contribution in [-0.2, 0) is 6.54 Å². The number of ketones is 1. The van der Waals surface area contributed by atoms with Crippen molar-refractivity contribution in [2.75, 3.05) is 41.3 Å². The molecule has 0 saturated carbocycles. The largest absolute Gasteiger partial charge is 0.513 e. The predicted octanol–water partition coefficient (Wildman–Crippen LogP) is 6.58. The monoisotopic (exact) mass is 501 g/mol. The summed E-state index contributed by atoms with van der Waals surface area (Å²) >= 11 is 0. The summed E-state index contributed by atoms with van der Waals surface area (Å²) < 4.78 is 7.48. The summed E-state index contributed by atoms with van der Waals surface area (Å²) in [6.45, 7) is 13.6. The Morgan fingerprint density at radius 2 is 1.72 bits per heavy atom. The highest BCUT2D eigenvalue weighted by Crippen LogP contribution is 2.30. The molecule has 0 spiro atoms. The van der Waals surface area contributed by atoms with Gasteiger partial charge in [0.15, 0.2) is 5.78 Å². The van der Waals surface area contributed by atoms with Gasteiger partial charge in [0.2, 0.25) is 0 Å². The minimum Gasteiger partial charge on any atom is -0.513 e. The van der Waals surface area contributed by atoms with Gasteiger partial charge in [-0.1, -0.05) is 39.0 Å². The maximum absolute atomic E-state index is 11.6. The first-order valence-electron chi connectivity index (χ1n) is 12.5. The average molecular weight is 502 g/mol. The minimum atomic E-state index is 0.0955.